The van der Waals surface area contributed by atoms with E-state index in [-0.39, 0.29) is 37.2 Å². The van der Waals surface area contributed by atoms with E-state index in [1.165, 1.54) is 11.1 Å². The summed E-state index contributed by atoms with van der Waals surface area (Å²) in [5.41, 5.74) is 1.34. The summed E-state index contributed by atoms with van der Waals surface area (Å²) in [5.74, 6) is -0.770. The molecule has 0 spiro atoms. The van der Waals surface area contributed by atoms with Crippen molar-refractivity contribution >= 4 is 5.97 Å². The van der Waals surface area contributed by atoms with Crippen LogP contribution in [0.5, 0.6) is 0 Å². The van der Waals surface area contributed by atoms with Crippen LogP contribution in [0.2, 0.25) is 0 Å². The number of carbonyl (C=O) groups is 1. The van der Waals surface area contributed by atoms with Crippen molar-refractivity contribution in [1.82, 2.24) is 0 Å². The molecule has 0 aliphatic heterocycles. The molecule has 208 valence electrons. The van der Waals surface area contributed by atoms with Crippen LogP contribution in [-0.4, -0.2) is 76.3 Å². The van der Waals surface area contributed by atoms with Crippen LogP contribution in [-0.2, 0) is 22.4 Å². The van der Waals surface area contributed by atoms with Crippen LogP contribution in [0, 0.1) is 23.2 Å². The SMILES string of the molecule is O=C(CCCC=CC[C@@H]1[C@@H](CC[C@@H](O)C2Cc3ccccc3C2)[C@@H](F)C[C@H]1O)OCC(CO)(CO)CO. The number of unbranched alkanes of at least 4 members (excludes halogenated alkanes) is 1. The Hall–Kier alpha value is -1.84. The molecular formula is C29H43FO7. The molecule has 5 N–H and O–H groups in total. The van der Waals surface area contributed by atoms with Gasteiger partial charge in [0, 0.05) is 12.8 Å². The molecule has 0 bridgehead atoms. The predicted octanol–water partition coefficient (Wildman–Crippen LogP) is 2.50. The Balaban J connectivity index is 1.37. The number of ether oxygens (including phenoxy) is 1. The monoisotopic (exact) mass is 522 g/mol. The highest BCUT2D eigenvalue weighted by molar-refractivity contribution is 5.69. The van der Waals surface area contributed by atoms with Crippen molar-refractivity contribution in [2.75, 3.05) is 26.4 Å². The number of hydrogen-bond acceptors (Lipinski definition) is 7. The van der Waals surface area contributed by atoms with Gasteiger partial charge in [-0.1, -0.05) is 36.4 Å². The first kappa shape index (κ1) is 29.7. The second-order valence-electron chi connectivity index (χ2n) is 11.0. The summed E-state index contributed by atoms with van der Waals surface area (Å²) < 4.78 is 19.8. The average molecular weight is 523 g/mol. The number of aliphatic hydroxyl groups excluding tert-OH is 5. The third-order valence-corrected chi connectivity index (χ3v) is 8.27. The van der Waals surface area contributed by atoms with Gasteiger partial charge in [0.2, 0.25) is 0 Å². The molecule has 1 aromatic carbocycles. The number of benzene rings is 1. The maximum absolute atomic E-state index is 14.7. The lowest BCUT2D eigenvalue weighted by molar-refractivity contribution is -0.151. The van der Waals surface area contributed by atoms with E-state index in [0.29, 0.717) is 32.1 Å². The van der Waals surface area contributed by atoms with Crippen molar-refractivity contribution in [2.45, 2.75) is 76.2 Å². The fourth-order valence-corrected chi connectivity index (χ4v) is 5.65. The van der Waals surface area contributed by atoms with E-state index in [0.717, 1.165) is 12.8 Å². The summed E-state index contributed by atoms with van der Waals surface area (Å²) in [6, 6.07) is 8.25. The van der Waals surface area contributed by atoms with Crippen LogP contribution in [0.4, 0.5) is 4.39 Å². The summed E-state index contributed by atoms with van der Waals surface area (Å²) >= 11 is 0. The van der Waals surface area contributed by atoms with Gasteiger partial charge in [-0.3, -0.25) is 4.79 Å². The molecule has 37 heavy (non-hydrogen) atoms. The molecule has 1 aromatic rings. The number of alkyl halides is 1. The quantitative estimate of drug-likeness (QED) is 0.136. The smallest absolute Gasteiger partial charge is 0.305 e. The zero-order chi connectivity index (χ0) is 26.8. The highest BCUT2D eigenvalue weighted by atomic mass is 19.1. The van der Waals surface area contributed by atoms with E-state index in [2.05, 4.69) is 12.1 Å². The molecule has 8 heteroatoms. The first-order valence-electron chi connectivity index (χ1n) is 13.5. The number of aliphatic hydroxyl groups is 5. The van der Waals surface area contributed by atoms with Crippen molar-refractivity contribution in [2.24, 2.45) is 23.2 Å². The van der Waals surface area contributed by atoms with Gasteiger partial charge in [0.05, 0.1) is 37.4 Å². The lowest BCUT2D eigenvalue weighted by Crippen LogP contribution is -2.39. The summed E-state index contributed by atoms with van der Waals surface area (Å²) in [7, 11) is 0. The van der Waals surface area contributed by atoms with Crippen LogP contribution >= 0.6 is 0 Å². The lowest BCUT2D eigenvalue weighted by Gasteiger charge is -2.26. The van der Waals surface area contributed by atoms with E-state index in [1.54, 1.807) is 0 Å². The first-order valence-corrected chi connectivity index (χ1v) is 13.5. The minimum absolute atomic E-state index is 0.136. The number of hydrogen-bond donors (Lipinski definition) is 5. The van der Waals surface area contributed by atoms with E-state index >= 15 is 0 Å². The normalized spacial score (nSPS) is 25.0. The standard InChI is InChI=1S/C29H43FO7/c30-25-15-27(35)24(9-3-1-2-4-10-28(36)37-19-29(16-31,17-32)18-33)23(25)11-12-26(34)22-13-20-7-5-6-8-21(20)14-22/h1,3,5-8,22-27,31-35H,2,4,9-19H2/t23-,24-,25+,26-,27-/m1/s1. The summed E-state index contributed by atoms with van der Waals surface area (Å²) in [6.07, 6.45) is 6.40. The minimum atomic E-state index is -1.24. The molecule has 1 saturated carbocycles. The molecule has 5 atom stereocenters. The highest BCUT2D eigenvalue weighted by Gasteiger charge is 2.42. The molecular weight excluding hydrogens is 479 g/mol. The van der Waals surface area contributed by atoms with Crippen LogP contribution in [0.1, 0.15) is 56.1 Å². The van der Waals surface area contributed by atoms with Crippen molar-refractivity contribution in [3.05, 3.63) is 47.5 Å². The third-order valence-electron chi connectivity index (χ3n) is 8.27. The number of esters is 1. The van der Waals surface area contributed by atoms with Crippen LogP contribution in [0.3, 0.4) is 0 Å². The second-order valence-corrected chi connectivity index (χ2v) is 11.0. The Kier molecular flexibility index (Phi) is 11.5. The molecule has 0 amide bonds. The molecule has 7 nitrogen and oxygen atoms in total. The molecule has 2 aliphatic carbocycles. The predicted molar refractivity (Wildman–Crippen MR) is 137 cm³/mol. The van der Waals surface area contributed by atoms with Crippen molar-refractivity contribution in [3.8, 4) is 0 Å². The molecule has 2 aliphatic rings. The largest absolute Gasteiger partial charge is 0.465 e. The zero-order valence-corrected chi connectivity index (χ0v) is 21.6. The third kappa shape index (κ3) is 8.07. The Bertz CT molecular complexity index is 838. The Morgan fingerprint density at radius 3 is 2.35 bits per heavy atom. The maximum Gasteiger partial charge on any atom is 0.305 e. The van der Waals surface area contributed by atoms with Crippen molar-refractivity contribution in [1.29, 1.82) is 0 Å². The first-order chi connectivity index (χ1) is 17.8. The Morgan fingerprint density at radius 1 is 1.08 bits per heavy atom. The fourth-order valence-electron chi connectivity index (χ4n) is 5.65. The number of rotatable bonds is 15. The maximum atomic E-state index is 14.7. The molecule has 0 saturated heterocycles. The van der Waals surface area contributed by atoms with E-state index in [4.69, 9.17) is 4.74 Å². The molecule has 0 radical (unpaired) electrons. The van der Waals surface area contributed by atoms with E-state index in [9.17, 15) is 34.7 Å². The number of carbonyl (C=O) groups excluding carboxylic acids is 1. The number of fused-ring (bicyclic) bond motifs is 1. The molecule has 0 heterocycles. The van der Waals surface area contributed by atoms with Gasteiger partial charge in [-0.25, -0.2) is 4.39 Å². The fraction of sp³-hybridized carbons (Fsp3) is 0.690. The van der Waals surface area contributed by atoms with Crippen molar-refractivity contribution < 1.29 is 39.5 Å². The number of allylic oxidation sites excluding steroid dienone is 2. The minimum Gasteiger partial charge on any atom is -0.465 e. The van der Waals surface area contributed by atoms with Crippen LogP contribution < -0.4 is 0 Å². The number of halogens is 1. The lowest BCUT2D eigenvalue weighted by atomic mass is 9.84. The van der Waals surface area contributed by atoms with Crippen LogP contribution in [0.15, 0.2) is 36.4 Å². The van der Waals surface area contributed by atoms with Gasteiger partial charge >= 0.3 is 5.97 Å². The van der Waals surface area contributed by atoms with Gasteiger partial charge < -0.3 is 30.3 Å². The van der Waals surface area contributed by atoms with Gasteiger partial charge in [-0.2, -0.15) is 0 Å². The van der Waals surface area contributed by atoms with Gasteiger partial charge in [0.1, 0.15) is 12.8 Å². The molecule has 1 fully saturated rings. The van der Waals surface area contributed by atoms with Gasteiger partial charge in [-0.15, -0.1) is 0 Å². The summed E-state index contributed by atoms with van der Waals surface area (Å²) in [6.45, 7) is -1.72. The zero-order valence-electron chi connectivity index (χ0n) is 21.6. The second kappa shape index (κ2) is 14.4. The molecule has 3 rings (SSSR count). The summed E-state index contributed by atoms with van der Waals surface area (Å²) in [4.78, 5) is 11.9. The van der Waals surface area contributed by atoms with Gasteiger partial charge in [0.25, 0.3) is 0 Å². The summed E-state index contributed by atoms with van der Waals surface area (Å²) in [5, 5.41) is 49.1. The molecule has 0 unspecified atom stereocenters. The molecule has 0 aromatic heterocycles. The Morgan fingerprint density at radius 2 is 1.73 bits per heavy atom. The van der Waals surface area contributed by atoms with Gasteiger partial charge in [0.15, 0.2) is 0 Å². The topological polar surface area (TPSA) is 127 Å². The van der Waals surface area contributed by atoms with Crippen LogP contribution in [0.25, 0.3) is 0 Å². The van der Waals surface area contributed by atoms with E-state index in [1.807, 2.05) is 24.3 Å². The highest BCUT2D eigenvalue weighted by Crippen LogP contribution is 2.41. The van der Waals surface area contributed by atoms with E-state index < -0.39 is 49.6 Å². The van der Waals surface area contributed by atoms with Crippen molar-refractivity contribution in [3.63, 3.8) is 0 Å². The van der Waals surface area contributed by atoms with Gasteiger partial charge in [-0.05, 0) is 73.8 Å². The average Bonchev–Trinajstić information content (AvgIpc) is 3.46. The Labute approximate surface area is 219 Å².